The van der Waals surface area contributed by atoms with E-state index in [1.807, 2.05) is 29.2 Å². The molecule has 21 heavy (non-hydrogen) atoms. The van der Waals surface area contributed by atoms with Crippen LogP contribution < -0.4 is 5.32 Å². The van der Waals surface area contributed by atoms with Crippen molar-refractivity contribution < 1.29 is 4.39 Å². The summed E-state index contributed by atoms with van der Waals surface area (Å²) in [6, 6.07) is 5.23. The first-order chi connectivity index (χ1) is 10.2. The predicted octanol–water partition coefficient (Wildman–Crippen LogP) is 3.56. The lowest BCUT2D eigenvalue weighted by Gasteiger charge is -2.15. The van der Waals surface area contributed by atoms with Crippen molar-refractivity contribution in [3.8, 4) is 0 Å². The normalized spacial score (nSPS) is 12.9. The maximum absolute atomic E-state index is 14.0. The van der Waals surface area contributed by atoms with Gasteiger partial charge in [0.2, 0.25) is 0 Å². The zero-order valence-electron chi connectivity index (χ0n) is 11.5. The number of likely N-dealkylation sites (N-methyl/N-ethyl adjacent to an activating group) is 1. The Labute approximate surface area is 131 Å². The van der Waals surface area contributed by atoms with Crippen molar-refractivity contribution >= 4 is 27.9 Å². The Balaban J connectivity index is 1.75. The number of thiazole rings is 1. The summed E-state index contributed by atoms with van der Waals surface area (Å²) in [5.74, 6) is -0.328. The molecule has 0 aliphatic carbocycles. The van der Waals surface area contributed by atoms with Gasteiger partial charge in [0.25, 0.3) is 0 Å². The summed E-state index contributed by atoms with van der Waals surface area (Å²) in [7, 11) is 1.88. The van der Waals surface area contributed by atoms with Gasteiger partial charge in [-0.05, 0) is 25.1 Å². The number of benzene rings is 1. The summed E-state index contributed by atoms with van der Waals surface area (Å²) < 4.78 is 16.0. The van der Waals surface area contributed by atoms with E-state index in [9.17, 15) is 4.39 Å². The SMILES string of the molecule is CNC(Cc1cn2ccsc2n1)Cc1cccc(Cl)c1F. The minimum atomic E-state index is -0.328. The van der Waals surface area contributed by atoms with Gasteiger partial charge in [-0.2, -0.15) is 0 Å². The Hall–Kier alpha value is -1.43. The maximum Gasteiger partial charge on any atom is 0.193 e. The van der Waals surface area contributed by atoms with Gasteiger partial charge in [-0.3, -0.25) is 4.40 Å². The molecule has 3 rings (SSSR count). The van der Waals surface area contributed by atoms with Crippen molar-refractivity contribution in [2.45, 2.75) is 18.9 Å². The molecular formula is C15H15ClFN3S. The monoisotopic (exact) mass is 323 g/mol. The third kappa shape index (κ3) is 3.10. The molecule has 0 aliphatic heterocycles. The zero-order valence-corrected chi connectivity index (χ0v) is 13.1. The van der Waals surface area contributed by atoms with Gasteiger partial charge in [0.05, 0.1) is 10.7 Å². The molecule has 1 unspecified atom stereocenters. The molecular weight excluding hydrogens is 309 g/mol. The molecule has 2 heterocycles. The highest BCUT2D eigenvalue weighted by molar-refractivity contribution is 7.15. The summed E-state index contributed by atoms with van der Waals surface area (Å²) in [5, 5.41) is 5.40. The largest absolute Gasteiger partial charge is 0.316 e. The number of nitrogens with one attached hydrogen (secondary N) is 1. The molecule has 6 heteroatoms. The molecule has 0 radical (unpaired) electrons. The van der Waals surface area contributed by atoms with E-state index in [0.29, 0.717) is 12.0 Å². The lowest BCUT2D eigenvalue weighted by molar-refractivity contribution is 0.529. The van der Waals surface area contributed by atoms with Crippen molar-refractivity contribution in [1.82, 2.24) is 14.7 Å². The highest BCUT2D eigenvalue weighted by atomic mass is 35.5. The van der Waals surface area contributed by atoms with Crippen LogP contribution in [0.1, 0.15) is 11.3 Å². The second kappa shape index (κ2) is 6.13. The number of halogens is 2. The minimum absolute atomic E-state index is 0.113. The van der Waals surface area contributed by atoms with E-state index in [1.165, 1.54) is 0 Å². The van der Waals surface area contributed by atoms with Crippen LogP contribution in [0.25, 0.3) is 4.96 Å². The number of fused-ring (bicyclic) bond motifs is 1. The van der Waals surface area contributed by atoms with Gasteiger partial charge in [0.1, 0.15) is 5.82 Å². The Morgan fingerprint density at radius 1 is 1.43 bits per heavy atom. The van der Waals surface area contributed by atoms with E-state index in [0.717, 1.165) is 17.1 Å². The Kier molecular flexibility index (Phi) is 4.24. The van der Waals surface area contributed by atoms with Crippen LogP contribution in [0, 0.1) is 5.82 Å². The third-order valence-electron chi connectivity index (χ3n) is 3.50. The van der Waals surface area contributed by atoms with Gasteiger partial charge in [-0.15, -0.1) is 11.3 Å². The lowest BCUT2D eigenvalue weighted by Crippen LogP contribution is -2.30. The molecule has 0 saturated carbocycles. The van der Waals surface area contributed by atoms with E-state index in [4.69, 9.17) is 11.6 Å². The molecule has 0 amide bonds. The van der Waals surface area contributed by atoms with Crippen LogP contribution in [-0.2, 0) is 12.8 Å². The van der Waals surface area contributed by atoms with Crippen molar-refractivity contribution in [1.29, 1.82) is 0 Å². The second-order valence-electron chi connectivity index (χ2n) is 4.93. The highest BCUT2D eigenvalue weighted by Crippen LogP contribution is 2.20. The summed E-state index contributed by atoms with van der Waals surface area (Å²) in [5.41, 5.74) is 1.63. The van der Waals surface area contributed by atoms with Crippen LogP contribution in [-0.4, -0.2) is 22.5 Å². The van der Waals surface area contributed by atoms with Gasteiger partial charge < -0.3 is 5.32 Å². The number of hydrogen-bond donors (Lipinski definition) is 1. The molecule has 1 N–H and O–H groups in total. The summed E-state index contributed by atoms with van der Waals surface area (Å²) >= 11 is 7.43. The number of imidazole rings is 1. The van der Waals surface area contributed by atoms with E-state index in [1.54, 1.807) is 29.5 Å². The fraction of sp³-hybridized carbons (Fsp3) is 0.267. The molecule has 0 fully saturated rings. The molecule has 3 nitrogen and oxygen atoms in total. The Bertz CT molecular complexity index is 724. The van der Waals surface area contributed by atoms with Crippen molar-refractivity contribution in [3.63, 3.8) is 0 Å². The van der Waals surface area contributed by atoms with E-state index in [-0.39, 0.29) is 16.9 Å². The Morgan fingerprint density at radius 2 is 2.29 bits per heavy atom. The average molecular weight is 324 g/mol. The molecule has 0 spiro atoms. The van der Waals surface area contributed by atoms with Crippen LogP contribution in [0.3, 0.4) is 0 Å². The van der Waals surface area contributed by atoms with Crippen LogP contribution in [0.4, 0.5) is 4.39 Å². The molecule has 110 valence electrons. The van der Waals surface area contributed by atoms with Crippen molar-refractivity contribution in [2.24, 2.45) is 0 Å². The smallest absolute Gasteiger partial charge is 0.193 e. The fourth-order valence-electron chi connectivity index (χ4n) is 2.37. The van der Waals surface area contributed by atoms with Crippen molar-refractivity contribution in [2.75, 3.05) is 7.05 Å². The summed E-state index contributed by atoms with van der Waals surface area (Å²) in [6.45, 7) is 0. The minimum Gasteiger partial charge on any atom is -0.316 e. The number of hydrogen-bond acceptors (Lipinski definition) is 3. The predicted molar refractivity (Wildman–Crippen MR) is 84.7 cm³/mol. The summed E-state index contributed by atoms with van der Waals surface area (Å²) in [4.78, 5) is 5.54. The van der Waals surface area contributed by atoms with Gasteiger partial charge >= 0.3 is 0 Å². The van der Waals surface area contributed by atoms with E-state index < -0.39 is 0 Å². The zero-order chi connectivity index (χ0) is 14.8. The first-order valence-corrected chi connectivity index (χ1v) is 7.94. The van der Waals surface area contributed by atoms with E-state index >= 15 is 0 Å². The molecule has 1 aromatic carbocycles. The maximum atomic E-state index is 14.0. The van der Waals surface area contributed by atoms with Crippen LogP contribution in [0.5, 0.6) is 0 Å². The molecule has 2 aromatic heterocycles. The fourth-order valence-corrected chi connectivity index (χ4v) is 3.29. The van der Waals surface area contributed by atoms with Crippen LogP contribution in [0.2, 0.25) is 5.02 Å². The van der Waals surface area contributed by atoms with Crippen molar-refractivity contribution in [3.05, 3.63) is 58.1 Å². The number of rotatable bonds is 5. The Morgan fingerprint density at radius 3 is 3.05 bits per heavy atom. The van der Waals surface area contributed by atoms with Crippen LogP contribution >= 0.6 is 22.9 Å². The van der Waals surface area contributed by atoms with Gasteiger partial charge in [-0.25, -0.2) is 9.37 Å². The molecule has 0 bridgehead atoms. The molecule has 0 aliphatic rings. The van der Waals surface area contributed by atoms with E-state index in [2.05, 4.69) is 10.3 Å². The number of aromatic nitrogens is 2. The summed E-state index contributed by atoms with van der Waals surface area (Å²) in [6.07, 6.45) is 5.33. The quantitative estimate of drug-likeness (QED) is 0.778. The average Bonchev–Trinajstić information content (AvgIpc) is 3.04. The molecule has 3 aromatic rings. The third-order valence-corrected chi connectivity index (χ3v) is 4.57. The molecule has 1 atom stereocenters. The standard InChI is InChI=1S/C15H15ClFN3S/c1-18-11(7-10-3-2-4-13(16)14(10)17)8-12-9-20-5-6-21-15(20)19-12/h2-6,9,11,18H,7-8H2,1H3. The number of nitrogens with zero attached hydrogens (tertiary/aromatic N) is 2. The van der Waals surface area contributed by atoms with Gasteiger partial charge in [0.15, 0.2) is 4.96 Å². The lowest BCUT2D eigenvalue weighted by atomic mass is 10.0. The first-order valence-electron chi connectivity index (χ1n) is 6.68. The molecule has 0 saturated heterocycles. The highest BCUT2D eigenvalue weighted by Gasteiger charge is 2.15. The topological polar surface area (TPSA) is 29.3 Å². The second-order valence-corrected chi connectivity index (χ2v) is 6.21. The van der Waals surface area contributed by atoms with Gasteiger partial charge in [0, 0.05) is 30.2 Å². The first kappa shape index (κ1) is 14.5. The van der Waals surface area contributed by atoms with Gasteiger partial charge in [-0.1, -0.05) is 23.7 Å². The van der Waals surface area contributed by atoms with Crippen LogP contribution in [0.15, 0.2) is 36.0 Å².